The Morgan fingerprint density at radius 2 is 1.65 bits per heavy atom. The quantitative estimate of drug-likeness (QED) is 0.556. The molecule has 118 valence electrons. The van der Waals surface area contributed by atoms with Gasteiger partial charge >= 0.3 is 6.18 Å². The van der Waals surface area contributed by atoms with Crippen LogP contribution in [0, 0.1) is 0 Å². The highest BCUT2D eigenvalue weighted by Gasteiger charge is 2.30. The van der Waals surface area contributed by atoms with E-state index < -0.39 is 11.7 Å². The van der Waals surface area contributed by atoms with Gasteiger partial charge < -0.3 is 4.74 Å². The molecule has 2 aromatic carbocycles. The predicted octanol–water partition coefficient (Wildman–Crippen LogP) is 6.15. The Labute approximate surface area is 136 Å². The van der Waals surface area contributed by atoms with Crippen molar-refractivity contribution in [1.82, 2.24) is 0 Å². The average molecular weight is 334 g/mol. The highest BCUT2D eigenvalue weighted by atomic mass is 32.1. The smallest absolute Gasteiger partial charge is 0.416 e. The standard InChI is InChI=1S/C18H13F3OS/c19-18(20,21)14-6-8-15(9-7-14)22-16-4-1-3-13(11-16)12-17-5-2-10-23-17/h1-11H,12H2. The molecule has 0 spiro atoms. The summed E-state index contributed by atoms with van der Waals surface area (Å²) in [7, 11) is 0. The van der Waals surface area contributed by atoms with E-state index in [-0.39, 0.29) is 0 Å². The van der Waals surface area contributed by atoms with Gasteiger partial charge in [-0.1, -0.05) is 18.2 Å². The van der Waals surface area contributed by atoms with Crippen LogP contribution in [0.3, 0.4) is 0 Å². The number of rotatable bonds is 4. The van der Waals surface area contributed by atoms with Crippen LogP contribution < -0.4 is 4.74 Å². The van der Waals surface area contributed by atoms with Crippen LogP contribution in [-0.4, -0.2) is 0 Å². The third-order valence-corrected chi connectivity index (χ3v) is 4.15. The van der Waals surface area contributed by atoms with Gasteiger partial charge in [-0.15, -0.1) is 11.3 Å². The maximum atomic E-state index is 12.5. The van der Waals surface area contributed by atoms with Crippen LogP contribution in [0.2, 0.25) is 0 Å². The van der Waals surface area contributed by atoms with Gasteiger partial charge in [-0.25, -0.2) is 0 Å². The minimum absolute atomic E-state index is 0.381. The summed E-state index contributed by atoms with van der Waals surface area (Å²) in [5, 5.41) is 2.03. The summed E-state index contributed by atoms with van der Waals surface area (Å²) >= 11 is 1.68. The molecule has 0 bridgehead atoms. The van der Waals surface area contributed by atoms with E-state index in [2.05, 4.69) is 6.07 Å². The fourth-order valence-corrected chi connectivity index (χ4v) is 2.92. The van der Waals surface area contributed by atoms with Gasteiger partial charge in [0, 0.05) is 11.3 Å². The zero-order valence-corrected chi connectivity index (χ0v) is 12.8. The monoisotopic (exact) mass is 334 g/mol. The first-order valence-corrected chi connectivity index (χ1v) is 7.85. The van der Waals surface area contributed by atoms with Gasteiger partial charge in [-0.3, -0.25) is 0 Å². The SMILES string of the molecule is FC(F)(F)c1ccc(Oc2cccc(Cc3cccs3)c2)cc1. The van der Waals surface area contributed by atoms with E-state index in [1.54, 1.807) is 17.4 Å². The lowest BCUT2D eigenvalue weighted by Gasteiger charge is -2.10. The number of halogens is 3. The minimum atomic E-state index is -4.33. The number of thiophene rings is 1. The number of benzene rings is 2. The summed E-state index contributed by atoms with van der Waals surface area (Å²) < 4.78 is 43.3. The lowest BCUT2D eigenvalue weighted by molar-refractivity contribution is -0.137. The molecule has 0 aliphatic rings. The van der Waals surface area contributed by atoms with Crippen LogP contribution in [0.1, 0.15) is 16.0 Å². The van der Waals surface area contributed by atoms with E-state index in [9.17, 15) is 13.2 Å². The van der Waals surface area contributed by atoms with Crippen molar-refractivity contribution in [2.75, 3.05) is 0 Å². The second-order valence-electron chi connectivity index (χ2n) is 5.03. The molecule has 0 aliphatic carbocycles. The van der Waals surface area contributed by atoms with Crippen molar-refractivity contribution < 1.29 is 17.9 Å². The zero-order chi connectivity index (χ0) is 16.3. The van der Waals surface area contributed by atoms with Gasteiger partial charge in [-0.05, 0) is 53.4 Å². The van der Waals surface area contributed by atoms with E-state index in [0.717, 1.165) is 24.1 Å². The van der Waals surface area contributed by atoms with Gasteiger partial charge in [0.2, 0.25) is 0 Å². The summed E-state index contributed by atoms with van der Waals surface area (Å²) in [6.07, 6.45) is -3.53. The van der Waals surface area contributed by atoms with Crippen molar-refractivity contribution in [2.24, 2.45) is 0 Å². The molecule has 0 aliphatic heterocycles. The third kappa shape index (κ3) is 4.13. The summed E-state index contributed by atoms with van der Waals surface area (Å²) in [6.45, 7) is 0. The third-order valence-electron chi connectivity index (χ3n) is 3.27. The van der Waals surface area contributed by atoms with E-state index in [1.165, 1.54) is 17.0 Å². The molecule has 0 atom stereocenters. The highest BCUT2D eigenvalue weighted by Crippen LogP contribution is 2.31. The molecular weight excluding hydrogens is 321 g/mol. The molecule has 5 heteroatoms. The normalized spacial score (nSPS) is 11.4. The molecule has 1 aromatic heterocycles. The van der Waals surface area contributed by atoms with Crippen LogP contribution in [0.15, 0.2) is 66.0 Å². The van der Waals surface area contributed by atoms with E-state index >= 15 is 0 Å². The molecule has 0 radical (unpaired) electrons. The maximum Gasteiger partial charge on any atom is 0.416 e. The van der Waals surface area contributed by atoms with Gasteiger partial charge in [0.15, 0.2) is 0 Å². The molecule has 1 nitrogen and oxygen atoms in total. The minimum Gasteiger partial charge on any atom is -0.457 e. The van der Waals surface area contributed by atoms with Crippen molar-refractivity contribution in [1.29, 1.82) is 0 Å². The number of ether oxygens (including phenoxy) is 1. The first kappa shape index (κ1) is 15.6. The van der Waals surface area contributed by atoms with Crippen LogP contribution in [-0.2, 0) is 12.6 Å². The Kier molecular flexibility index (Phi) is 4.39. The zero-order valence-electron chi connectivity index (χ0n) is 12.0. The highest BCUT2D eigenvalue weighted by molar-refractivity contribution is 7.09. The molecular formula is C18H13F3OS. The van der Waals surface area contributed by atoms with E-state index in [1.807, 2.05) is 29.6 Å². The first-order chi connectivity index (χ1) is 11.0. The molecule has 23 heavy (non-hydrogen) atoms. The lowest BCUT2D eigenvalue weighted by Crippen LogP contribution is -2.03. The Bertz CT molecular complexity index is 762. The van der Waals surface area contributed by atoms with E-state index in [4.69, 9.17) is 4.74 Å². The molecule has 1 heterocycles. The largest absolute Gasteiger partial charge is 0.457 e. The summed E-state index contributed by atoms with van der Waals surface area (Å²) in [6, 6.07) is 16.3. The number of hydrogen-bond donors (Lipinski definition) is 0. The number of alkyl halides is 3. The maximum absolute atomic E-state index is 12.5. The lowest BCUT2D eigenvalue weighted by atomic mass is 10.1. The Hall–Kier alpha value is -2.27. The number of hydrogen-bond acceptors (Lipinski definition) is 2. The molecule has 0 saturated heterocycles. The van der Waals surface area contributed by atoms with E-state index in [0.29, 0.717) is 11.5 Å². The summed E-state index contributed by atoms with van der Waals surface area (Å²) in [5.41, 5.74) is 0.410. The molecule has 3 rings (SSSR count). The molecule has 0 fully saturated rings. The average Bonchev–Trinajstić information content (AvgIpc) is 3.00. The molecule has 3 aromatic rings. The first-order valence-electron chi connectivity index (χ1n) is 6.97. The van der Waals surface area contributed by atoms with Gasteiger partial charge in [0.25, 0.3) is 0 Å². The molecule has 0 unspecified atom stereocenters. The fraction of sp³-hybridized carbons (Fsp3) is 0.111. The van der Waals surface area contributed by atoms with Gasteiger partial charge in [-0.2, -0.15) is 13.2 Å². The summed E-state index contributed by atoms with van der Waals surface area (Å²) in [4.78, 5) is 1.25. The van der Waals surface area contributed by atoms with Crippen molar-refractivity contribution in [3.8, 4) is 11.5 Å². The van der Waals surface area contributed by atoms with Crippen molar-refractivity contribution >= 4 is 11.3 Å². The fourth-order valence-electron chi connectivity index (χ4n) is 2.18. The molecule has 0 saturated carbocycles. The molecule has 0 N–H and O–H groups in total. The molecule has 0 amide bonds. The Morgan fingerprint density at radius 1 is 0.870 bits per heavy atom. The topological polar surface area (TPSA) is 9.23 Å². The second-order valence-corrected chi connectivity index (χ2v) is 6.06. The van der Waals surface area contributed by atoms with Gasteiger partial charge in [0.05, 0.1) is 5.56 Å². The Balaban J connectivity index is 1.72. The predicted molar refractivity (Wildman–Crippen MR) is 85.1 cm³/mol. The second kappa shape index (κ2) is 6.46. The van der Waals surface area contributed by atoms with Crippen LogP contribution in [0.4, 0.5) is 13.2 Å². The van der Waals surface area contributed by atoms with Crippen molar-refractivity contribution in [2.45, 2.75) is 12.6 Å². The van der Waals surface area contributed by atoms with Crippen molar-refractivity contribution in [3.63, 3.8) is 0 Å². The van der Waals surface area contributed by atoms with Gasteiger partial charge in [0.1, 0.15) is 11.5 Å². The van der Waals surface area contributed by atoms with Crippen molar-refractivity contribution in [3.05, 3.63) is 82.0 Å². The van der Waals surface area contributed by atoms with Crippen LogP contribution >= 0.6 is 11.3 Å². The Morgan fingerprint density at radius 3 is 2.30 bits per heavy atom. The van der Waals surface area contributed by atoms with Crippen LogP contribution in [0.5, 0.6) is 11.5 Å². The van der Waals surface area contributed by atoms with Crippen LogP contribution in [0.25, 0.3) is 0 Å². The summed E-state index contributed by atoms with van der Waals surface area (Å²) in [5.74, 6) is 0.991.